The highest BCUT2D eigenvalue weighted by Crippen LogP contribution is 2.38. The smallest absolute Gasteiger partial charge is 0.335 e. The average Bonchev–Trinajstić information content (AvgIpc) is 2.51. The molecule has 0 amide bonds. The summed E-state index contributed by atoms with van der Waals surface area (Å²) in [5.41, 5.74) is 3.99. The van der Waals surface area contributed by atoms with Gasteiger partial charge in [-0.05, 0) is 63.8 Å². The van der Waals surface area contributed by atoms with Crippen molar-refractivity contribution in [2.75, 3.05) is 11.9 Å². The lowest BCUT2D eigenvalue weighted by molar-refractivity contribution is 0.0696. The minimum atomic E-state index is -0.947. The first-order valence-electron chi connectivity index (χ1n) is 7.81. The third kappa shape index (κ3) is 3.70. The van der Waals surface area contributed by atoms with Gasteiger partial charge in [0, 0.05) is 5.69 Å². The fourth-order valence-corrected chi connectivity index (χ4v) is 3.25. The van der Waals surface area contributed by atoms with E-state index in [2.05, 4.69) is 26.1 Å². The topological polar surface area (TPSA) is 69.6 Å². The van der Waals surface area contributed by atoms with Crippen molar-refractivity contribution >= 4 is 23.3 Å². The van der Waals surface area contributed by atoms with Crippen LogP contribution < -0.4 is 5.32 Å². The van der Waals surface area contributed by atoms with Crippen molar-refractivity contribution in [3.8, 4) is 0 Å². The molecule has 1 heterocycles. The van der Waals surface area contributed by atoms with Gasteiger partial charge in [-0.1, -0.05) is 11.1 Å². The number of carbonyl (C=O) groups is 1. The van der Waals surface area contributed by atoms with Gasteiger partial charge < -0.3 is 15.5 Å². The van der Waals surface area contributed by atoms with Gasteiger partial charge in [0.25, 0.3) is 0 Å². The molecule has 0 saturated heterocycles. The highest BCUT2D eigenvalue weighted by Gasteiger charge is 2.41. The summed E-state index contributed by atoms with van der Waals surface area (Å²) in [5.74, 6) is -0.947. The van der Waals surface area contributed by atoms with Crippen LogP contribution in [0, 0.1) is 0 Å². The maximum Gasteiger partial charge on any atom is 0.335 e. The number of aliphatic hydroxyl groups excluding tert-OH is 1. The molecule has 0 aliphatic carbocycles. The Hall–Kier alpha value is -1.52. The first-order chi connectivity index (χ1) is 10.8. The van der Waals surface area contributed by atoms with Crippen LogP contribution in [0.15, 0.2) is 29.3 Å². The van der Waals surface area contributed by atoms with E-state index in [1.807, 2.05) is 0 Å². The molecule has 0 spiro atoms. The van der Waals surface area contributed by atoms with Crippen LogP contribution in [0.2, 0.25) is 0 Å². The van der Waals surface area contributed by atoms with Crippen molar-refractivity contribution in [1.82, 2.24) is 0 Å². The Morgan fingerprint density at radius 2 is 2.09 bits per heavy atom. The molecule has 1 aromatic rings. The number of alkyl halides is 1. The number of benzene rings is 1. The number of carboxylic acids is 1. The van der Waals surface area contributed by atoms with E-state index in [9.17, 15) is 9.90 Å². The van der Waals surface area contributed by atoms with Crippen LogP contribution in [0.4, 0.5) is 5.69 Å². The first kappa shape index (κ1) is 17.8. The molecule has 1 aromatic carbocycles. The standard InChI is InChI=1S/C18H24ClNO3/c1-11(2)12(3)6-7-18(10-21)16(19)9-14-8-13(17(22)23)4-5-15(14)20-18/h4-5,8,16,20-21H,6-7,9-10H2,1-3H3,(H,22,23). The fraction of sp³-hybridized carbons (Fsp3) is 0.500. The van der Waals surface area contributed by atoms with Crippen LogP contribution in [0.3, 0.4) is 0 Å². The molecule has 126 valence electrons. The predicted molar refractivity (Wildman–Crippen MR) is 93.5 cm³/mol. The summed E-state index contributed by atoms with van der Waals surface area (Å²) in [4.78, 5) is 11.1. The lowest BCUT2D eigenvalue weighted by Crippen LogP contribution is -2.53. The number of allylic oxidation sites excluding steroid dienone is 2. The molecule has 0 aromatic heterocycles. The molecular formula is C18H24ClNO3. The molecule has 0 radical (unpaired) electrons. The van der Waals surface area contributed by atoms with Crippen LogP contribution in [0.5, 0.6) is 0 Å². The average molecular weight is 338 g/mol. The number of anilines is 1. The molecule has 2 unspecified atom stereocenters. The highest BCUT2D eigenvalue weighted by molar-refractivity contribution is 6.22. The number of halogens is 1. The Morgan fingerprint density at radius 1 is 1.39 bits per heavy atom. The number of fused-ring (bicyclic) bond motifs is 1. The Morgan fingerprint density at radius 3 is 2.65 bits per heavy atom. The number of nitrogens with one attached hydrogen (secondary N) is 1. The summed E-state index contributed by atoms with van der Waals surface area (Å²) in [6.07, 6.45) is 2.13. The summed E-state index contributed by atoms with van der Waals surface area (Å²) in [6, 6.07) is 4.99. The van der Waals surface area contributed by atoms with E-state index in [1.165, 1.54) is 11.1 Å². The molecule has 2 atom stereocenters. The second-order valence-electron chi connectivity index (χ2n) is 6.57. The molecular weight excluding hydrogens is 314 g/mol. The van der Waals surface area contributed by atoms with Gasteiger partial charge in [0.05, 0.1) is 23.1 Å². The van der Waals surface area contributed by atoms with Gasteiger partial charge in [0.2, 0.25) is 0 Å². The molecule has 2 rings (SSSR count). The van der Waals surface area contributed by atoms with Gasteiger partial charge in [-0.2, -0.15) is 0 Å². The summed E-state index contributed by atoms with van der Waals surface area (Å²) >= 11 is 6.58. The highest BCUT2D eigenvalue weighted by atomic mass is 35.5. The number of rotatable bonds is 5. The fourth-order valence-electron chi connectivity index (χ4n) is 2.85. The predicted octanol–water partition coefficient (Wildman–Crippen LogP) is 3.83. The normalized spacial score (nSPS) is 22.9. The van der Waals surface area contributed by atoms with Gasteiger partial charge in [-0.3, -0.25) is 0 Å². The molecule has 0 bridgehead atoms. The SMILES string of the molecule is CC(C)=C(C)CCC1(CO)Nc2ccc(C(=O)O)cc2CC1Cl. The molecule has 4 nitrogen and oxygen atoms in total. The minimum Gasteiger partial charge on any atom is -0.478 e. The first-order valence-corrected chi connectivity index (χ1v) is 8.25. The number of aliphatic hydroxyl groups is 1. The molecule has 1 aliphatic heterocycles. The molecule has 1 aliphatic rings. The van der Waals surface area contributed by atoms with Crippen LogP contribution in [-0.4, -0.2) is 33.7 Å². The summed E-state index contributed by atoms with van der Waals surface area (Å²) in [5, 5.41) is 22.2. The Balaban J connectivity index is 2.27. The zero-order chi connectivity index (χ0) is 17.2. The maximum atomic E-state index is 11.1. The Kier molecular flexibility index (Phi) is 5.37. The van der Waals surface area contributed by atoms with Crippen LogP contribution in [0.25, 0.3) is 0 Å². The van der Waals surface area contributed by atoms with E-state index >= 15 is 0 Å². The van der Waals surface area contributed by atoms with Crippen LogP contribution in [0.1, 0.15) is 49.5 Å². The third-order valence-electron chi connectivity index (χ3n) is 4.82. The number of hydrogen-bond donors (Lipinski definition) is 3. The van der Waals surface area contributed by atoms with Gasteiger partial charge in [-0.15, -0.1) is 11.6 Å². The summed E-state index contributed by atoms with van der Waals surface area (Å²) < 4.78 is 0. The lowest BCUT2D eigenvalue weighted by Gasteiger charge is -2.43. The second-order valence-corrected chi connectivity index (χ2v) is 7.10. The van der Waals surface area contributed by atoms with E-state index in [1.54, 1.807) is 18.2 Å². The van der Waals surface area contributed by atoms with Crippen molar-refractivity contribution in [2.45, 2.75) is 50.9 Å². The van der Waals surface area contributed by atoms with E-state index in [0.29, 0.717) is 6.42 Å². The maximum absolute atomic E-state index is 11.1. The van der Waals surface area contributed by atoms with E-state index < -0.39 is 11.5 Å². The second kappa shape index (κ2) is 6.93. The molecule has 23 heavy (non-hydrogen) atoms. The molecule has 5 heteroatoms. The summed E-state index contributed by atoms with van der Waals surface area (Å²) in [6.45, 7) is 6.20. The molecule has 0 fully saturated rings. The number of aromatic carboxylic acids is 1. The molecule has 0 saturated carbocycles. The van der Waals surface area contributed by atoms with Crippen molar-refractivity contribution in [3.63, 3.8) is 0 Å². The largest absolute Gasteiger partial charge is 0.478 e. The third-order valence-corrected chi connectivity index (χ3v) is 5.39. The van der Waals surface area contributed by atoms with Gasteiger partial charge in [0.15, 0.2) is 0 Å². The zero-order valence-electron chi connectivity index (χ0n) is 13.8. The van der Waals surface area contributed by atoms with Crippen molar-refractivity contribution in [1.29, 1.82) is 0 Å². The Labute approximate surface area is 142 Å². The number of carboxylic acid groups (broad SMARTS) is 1. The molecule has 3 N–H and O–H groups in total. The Bertz CT molecular complexity index is 637. The van der Waals surface area contributed by atoms with Crippen molar-refractivity contribution < 1.29 is 15.0 Å². The van der Waals surface area contributed by atoms with Crippen LogP contribution in [-0.2, 0) is 6.42 Å². The minimum absolute atomic E-state index is 0.0582. The quantitative estimate of drug-likeness (QED) is 0.564. The number of hydrogen-bond acceptors (Lipinski definition) is 3. The van der Waals surface area contributed by atoms with Crippen LogP contribution >= 0.6 is 11.6 Å². The zero-order valence-corrected chi connectivity index (χ0v) is 14.6. The monoisotopic (exact) mass is 337 g/mol. The lowest BCUT2D eigenvalue weighted by atomic mass is 9.81. The van der Waals surface area contributed by atoms with E-state index in [0.717, 1.165) is 24.1 Å². The van der Waals surface area contributed by atoms with E-state index in [4.69, 9.17) is 16.7 Å². The van der Waals surface area contributed by atoms with Crippen molar-refractivity contribution in [3.05, 3.63) is 40.5 Å². The summed E-state index contributed by atoms with van der Waals surface area (Å²) in [7, 11) is 0. The van der Waals surface area contributed by atoms with Gasteiger partial charge in [-0.25, -0.2) is 4.79 Å². The van der Waals surface area contributed by atoms with Crippen molar-refractivity contribution in [2.24, 2.45) is 0 Å². The van der Waals surface area contributed by atoms with E-state index in [-0.39, 0.29) is 17.5 Å². The van der Waals surface area contributed by atoms with Gasteiger partial charge in [0.1, 0.15) is 0 Å². The van der Waals surface area contributed by atoms with Gasteiger partial charge >= 0.3 is 5.97 Å².